The third-order valence-corrected chi connectivity index (χ3v) is 5.26. The first-order valence-electron chi connectivity index (χ1n) is 10.8. The second-order valence-electron chi connectivity index (χ2n) is 7.18. The zero-order valence-corrected chi connectivity index (χ0v) is 18.5. The van der Waals surface area contributed by atoms with Crippen molar-refractivity contribution in [1.82, 2.24) is 20.0 Å². The Bertz CT molecular complexity index is 635. The van der Waals surface area contributed by atoms with Crippen LogP contribution in [-0.2, 0) is 11.3 Å². The quantitative estimate of drug-likeness (QED) is 0.505. The predicted octanol–water partition coefficient (Wildman–Crippen LogP) is 2.04. The van der Waals surface area contributed by atoms with E-state index in [1.165, 1.54) is 0 Å². The minimum atomic E-state index is 0.144. The number of nitrogens with one attached hydrogen (secondary N) is 1. The summed E-state index contributed by atoms with van der Waals surface area (Å²) >= 11 is 0. The van der Waals surface area contributed by atoms with Crippen LogP contribution in [0.3, 0.4) is 0 Å². The van der Waals surface area contributed by atoms with Crippen molar-refractivity contribution in [3.63, 3.8) is 0 Å². The molecule has 7 heteroatoms. The van der Waals surface area contributed by atoms with Gasteiger partial charge < -0.3 is 24.8 Å². The largest absolute Gasteiger partial charge is 0.492 e. The first-order chi connectivity index (χ1) is 14.1. The van der Waals surface area contributed by atoms with Crippen LogP contribution in [0.25, 0.3) is 0 Å². The van der Waals surface area contributed by atoms with Crippen molar-refractivity contribution >= 4 is 11.9 Å². The minimum absolute atomic E-state index is 0.144. The molecule has 0 unspecified atom stereocenters. The Balaban J connectivity index is 1.86. The maximum absolute atomic E-state index is 11.5. The van der Waals surface area contributed by atoms with Gasteiger partial charge in [-0.3, -0.25) is 4.79 Å². The van der Waals surface area contributed by atoms with Crippen molar-refractivity contribution in [3.8, 4) is 5.75 Å². The van der Waals surface area contributed by atoms with Crippen molar-refractivity contribution in [2.24, 2.45) is 4.99 Å². The molecule has 1 fully saturated rings. The van der Waals surface area contributed by atoms with E-state index in [0.717, 1.165) is 69.6 Å². The smallest absolute Gasteiger partial charge is 0.219 e. The van der Waals surface area contributed by atoms with Crippen molar-refractivity contribution in [2.75, 3.05) is 59.0 Å². The molecule has 1 saturated heterocycles. The normalized spacial score (nSPS) is 15.0. The van der Waals surface area contributed by atoms with Gasteiger partial charge in [0, 0.05) is 46.2 Å². The molecule has 0 aliphatic carbocycles. The summed E-state index contributed by atoms with van der Waals surface area (Å²) in [5.74, 6) is 1.96. The average molecular weight is 404 g/mol. The van der Waals surface area contributed by atoms with E-state index in [4.69, 9.17) is 9.73 Å². The fraction of sp³-hybridized carbons (Fsp3) is 0.636. The summed E-state index contributed by atoms with van der Waals surface area (Å²) < 4.78 is 5.85. The molecule has 1 aromatic rings. The first-order valence-corrected chi connectivity index (χ1v) is 10.8. The number of piperazine rings is 1. The van der Waals surface area contributed by atoms with Gasteiger partial charge in [-0.15, -0.1) is 0 Å². The van der Waals surface area contributed by atoms with Crippen LogP contribution in [0.2, 0.25) is 0 Å². The molecule has 1 heterocycles. The van der Waals surface area contributed by atoms with E-state index in [0.29, 0.717) is 13.2 Å². The number of benzene rings is 1. The molecule has 1 aliphatic rings. The number of hydrogen-bond acceptors (Lipinski definition) is 4. The fourth-order valence-corrected chi connectivity index (χ4v) is 3.35. The Morgan fingerprint density at radius 1 is 1.07 bits per heavy atom. The summed E-state index contributed by atoms with van der Waals surface area (Å²) in [5.41, 5.74) is 1.15. The molecule has 1 aromatic carbocycles. The highest BCUT2D eigenvalue weighted by Gasteiger charge is 2.20. The van der Waals surface area contributed by atoms with E-state index in [1.807, 2.05) is 17.0 Å². The average Bonchev–Trinajstić information content (AvgIpc) is 2.75. The Kier molecular flexibility index (Phi) is 9.77. The molecule has 162 valence electrons. The number of hydrogen-bond donors (Lipinski definition) is 1. The predicted molar refractivity (Wildman–Crippen MR) is 118 cm³/mol. The Morgan fingerprint density at radius 2 is 1.69 bits per heavy atom. The van der Waals surface area contributed by atoms with Crippen LogP contribution in [0.15, 0.2) is 29.3 Å². The third-order valence-electron chi connectivity index (χ3n) is 5.26. The van der Waals surface area contributed by atoms with E-state index in [1.54, 1.807) is 6.92 Å². The van der Waals surface area contributed by atoms with Crippen molar-refractivity contribution in [2.45, 2.75) is 34.2 Å². The SMILES string of the molecule is CCNC(=NCc1ccc(OCCN(CC)CC)cc1)N1CCN(C(C)=O)CC1. The fourth-order valence-electron chi connectivity index (χ4n) is 3.35. The van der Waals surface area contributed by atoms with Gasteiger partial charge in [-0.25, -0.2) is 4.99 Å². The van der Waals surface area contributed by atoms with E-state index in [-0.39, 0.29) is 5.91 Å². The van der Waals surface area contributed by atoms with E-state index < -0.39 is 0 Å². The number of nitrogens with zero attached hydrogens (tertiary/aromatic N) is 4. The maximum Gasteiger partial charge on any atom is 0.219 e. The Morgan fingerprint density at radius 3 is 2.24 bits per heavy atom. The number of carbonyl (C=O) groups is 1. The third kappa shape index (κ3) is 7.57. The highest BCUT2D eigenvalue weighted by atomic mass is 16.5. The van der Waals surface area contributed by atoms with Crippen LogP contribution in [0.5, 0.6) is 5.75 Å². The van der Waals surface area contributed by atoms with Gasteiger partial charge in [-0.2, -0.15) is 0 Å². The lowest BCUT2D eigenvalue weighted by Crippen LogP contribution is -2.53. The summed E-state index contributed by atoms with van der Waals surface area (Å²) in [6, 6.07) is 8.19. The number of amides is 1. The van der Waals surface area contributed by atoms with E-state index >= 15 is 0 Å². The van der Waals surface area contributed by atoms with Crippen LogP contribution >= 0.6 is 0 Å². The van der Waals surface area contributed by atoms with Gasteiger partial charge in [0.15, 0.2) is 5.96 Å². The number of likely N-dealkylation sites (N-methyl/N-ethyl adjacent to an activating group) is 1. The van der Waals surface area contributed by atoms with Gasteiger partial charge in [-0.05, 0) is 37.7 Å². The molecule has 29 heavy (non-hydrogen) atoms. The second kappa shape index (κ2) is 12.3. The number of aliphatic imine (C=N–C) groups is 1. The molecular formula is C22H37N5O2. The standard InChI is InChI=1S/C22H37N5O2/c1-5-23-22(27-14-12-26(13-15-27)19(4)28)24-18-20-8-10-21(11-9-20)29-17-16-25(6-2)7-3/h8-11H,5-7,12-18H2,1-4H3,(H,23,24). The highest BCUT2D eigenvalue weighted by molar-refractivity contribution is 5.80. The lowest BCUT2D eigenvalue weighted by molar-refractivity contribution is -0.130. The highest BCUT2D eigenvalue weighted by Crippen LogP contribution is 2.13. The molecule has 2 rings (SSSR count). The Hall–Kier alpha value is -2.28. The lowest BCUT2D eigenvalue weighted by atomic mass is 10.2. The van der Waals surface area contributed by atoms with Gasteiger partial charge in [0.25, 0.3) is 0 Å². The Labute approximate surface area is 175 Å². The monoisotopic (exact) mass is 403 g/mol. The van der Waals surface area contributed by atoms with Crippen LogP contribution in [0.4, 0.5) is 0 Å². The molecule has 1 amide bonds. The molecule has 0 spiro atoms. The molecule has 0 atom stereocenters. The zero-order valence-electron chi connectivity index (χ0n) is 18.5. The summed E-state index contributed by atoms with van der Waals surface area (Å²) in [5, 5.41) is 3.37. The van der Waals surface area contributed by atoms with Gasteiger partial charge in [0.05, 0.1) is 6.54 Å². The summed E-state index contributed by atoms with van der Waals surface area (Å²) in [7, 11) is 0. The van der Waals surface area contributed by atoms with Crippen LogP contribution in [0.1, 0.15) is 33.3 Å². The first kappa shape index (κ1) is 23.0. The molecule has 0 aromatic heterocycles. The number of ether oxygens (including phenoxy) is 1. The van der Waals surface area contributed by atoms with Crippen LogP contribution in [0, 0.1) is 0 Å². The van der Waals surface area contributed by atoms with E-state index in [9.17, 15) is 4.79 Å². The maximum atomic E-state index is 11.5. The lowest BCUT2D eigenvalue weighted by Gasteiger charge is -2.36. The second-order valence-corrected chi connectivity index (χ2v) is 7.18. The number of carbonyl (C=O) groups excluding carboxylic acids is 1. The van der Waals surface area contributed by atoms with Crippen molar-refractivity contribution < 1.29 is 9.53 Å². The van der Waals surface area contributed by atoms with Gasteiger partial charge in [0.1, 0.15) is 12.4 Å². The van der Waals surface area contributed by atoms with Gasteiger partial charge in [-0.1, -0.05) is 26.0 Å². The zero-order chi connectivity index (χ0) is 21.1. The molecule has 1 aliphatic heterocycles. The van der Waals surface area contributed by atoms with Crippen molar-refractivity contribution in [3.05, 3.63) is 29.8 Å². The molecule has 0 bridgehead atoms. The summed E-state index contributed by atoms with van der Waals surface area (Å²) in [6.45, 7) is 16.4. The molecule has 0 saturated carbocycles. The van der Waals surface area contributed by atoms with E-state index in [2.05, 4.69) is 48.0 Å². The van der Waals surface area contributed by atoms with Crippen LogP contribution < -0.4 is 10.1 Å². The van der Waals surface area contributed by atoms with Crippen molar-refractivity contribution in [1.29, 1.82) is 0 Å². The molecule has 1 N–H and O–H groups in total. The molecule has 7 nitrogen and oxygen atoms in total. The topological polar surface area (TPSA) is 60.4 Å². The summed E-state index contributed by atoms with van der Waals surface area (Å²) in [4.78, 5) is 22.8. The molecular weight excluding hydrogens is 366 g/mol. The summed E-state index contributed by atoms with van der Waals surface area (Å²) in [6.07, 6.45) is 0. The number of guanidine groups is 1. The van der Waals surface area contributed by atoms with Gasteiger partial charge >= 0.3 is 0 Å². The van der Waals surface area contributed by atoms with Crippen LogP contribution in [-0.4, -0.2) is 85.5 Å². The minimum Gasteiger partial charge on any atom is -0.492 e. The number of rotatable bonds is 9. The van der Waals surface area contributed by atoms with Gasteiger partial charge in [0.2, 0.25) is 5.91 Å². The molecule has 0 radical (unpaired) electrons.